The number of halogens is 2. The average molecular weight is 685 g/mol. The molecule has 2 aromatic heterocycles. The van der Waals surface area contributed by atoms with Gasteiger partial charge >= 0.3 is 0 Å². The Hall–Kier alpha value is -5.04. The summed E-state index contributed by atoms with van der Waals surface area (Å²) < 4.78 is 33.8. The largest absolute Gasteiger partial charge is 0.381 e. The van der Waals surface area contributed by atoms with Crippen LogP contribution in [0.1, 0.15) is 104 Å². The second-order valence-corrected chi connectivity index (χ2v) is 9.69. The molecule has 268 valence electrons. The number of nitrogens with zero attached hydrogens (tertiary/aromatic N) is 3. The molecule has 4 N–H and O–H groups in total. The van der Waals surface area contributed by atoms with Gasteiger partial charge < -0.3 is 25.9 Å². The van der Waals surface area contributed by atoms with Crippen molar-refractivity contribution in [2.75, 3.05) is 13.7 Å². The summed E-state index contributed by atoms with van der Waals surface area (Å²) >= 11 is 0. The molecule has 49 heavy (non-hydrogen) atoms. The maximum Gasteiger partial charge on any atom is 0.270 e. The highest BCUT2D eigenvalue weighted by molar-refractivity contribution is 5.98. The molecule has 0 fully saturated rings. The minimum absolute atomic E-state index is 0.109. The fraction of sp³-hybridized carbons (Fsp3) is 0.389. The molecule has 0 spiro atoms. The van der Waals surface area contributed by atoms with Crippen molar-refractivity contribution in [1.29, 1.82) is 0 Å². The minimum Gasteiger partial charge on any atom is -0.381 e. The zero-order valence-electron chi connectivity index (χ0n) is 29.5. The summed E-state index contributed by atoms with van der Waals surface area (Å²) in [5.74, 6) is -3.90. The van der Waals surface area contributed by atoms with Crippen molar-refractivity contribution in [3.8, 4) is 0 Å². The second-order valence-electron chi connectivity index (χ2n) is 9.69. The van der Waals surface area contributed by atoms with Gasteiger partial charge in [0.1, 0.15) is 23.5 Å². The highest BCUT2D eigenvalue weighted by Crippen LogP contribution is 2.16. The maximum absolute atomic E-state index is 14.5. The number of allylic oxidation sites excluding steroid dienone is 3. The first kappa shape index (κ1) is 44.0. The zero-order chi connectivity index (χ0) is 37.4. The van der Waals surface area contributed by atoms with Gasteiger partial charge in [0, 0.05) is 26.1 Å². The van der Waals surface area contributed by atoms with Gasteiger partial charge in [0.25, 0.3) is 17.7 Å². The number of aldehydes is 1. The first-order chi connectivity index (χ1) is 23.6. The maximum atomic E-state index is 14.5. The number of nitrogens with one attached hydrogen (secondary N) is 2. The van der Waals surface area contributed by atoms with Gasteiger partial charge in [0.15, 0.2) is 11.5 Å². The van der Waals surface area contributed by atoms with E-state index in [0.717, 1.165) is 35.1 Å². The lowest BCUT2D eigenvalue weighted by atomic mass is 10.0. The Bertz CT molecular complexity index is 1570. The number of benzene rings is 1. The summed E-state index contributed by atoms with van der Waals surface area (Å²) in [6.45, 7) is 15.8. The van der Waals surface area contributed by atoms with Gasteiger partial charge in [-0.2, -0.15) is 5.10 Å². The molecule has 1 unspecified atom stereocenters. The third kappa shape index (κ3) is 14.7. The lowest BCUT2D eigenvalue weighted by Gasteiger charge is -2.20. The molecular formula is C36H50F2N6O5. The van der Waals surface area contributed by atoms with Crippen LogP contribution in [0.4, 0.5) is 8.78 Å². The van der Waals surface area contributed by atoms with Crippen LogP contribution in [0.15, 0.2) is 66.9 Å². The van der Waals surface area contributed by atoms with Crippen molar-refractivity contribution >= 4 is 29.7 Å². The van der Waals surface area contributed by atoms with E-state index in [0.29, 0.717) is 31.4 Å². The van der Waals surface area contributed by atoms with Gasteiger partial charge in [0.05, 0.1) is 24.4 Å². The standard InChI is InChI=1S/C28H30F2N6O4.C4H8O.2C2H6/c1-3-8-17(2)22(9-6-4-5-7-12-37)35-28(40)24-14-23(34-26-21(30)16-33-36(24)26)27(39)32-15-18-10-11-20(29)19(13-18)25(31)38;1-3-4-5-2;2*1-2/h4-5,8,10-14,16,22H,3,6-7,9,15H2,1-2H3,(H2,31,38)(H,32,39)(H,35,40);3H,1,4H2,2H3;2*1-2H3/b5-4+,17-8+;;;. The van der Waals surface area contributed by atoms with Crippen molar-refractivity contribution < 1.29 is 32.7 Å². The number of nitrogens with two attached hydrogens (primary N) is 1. The molecule has 0 bridgehead atoms. The van der Waals surface area contributed by atoms with Crippen molar-refractivity contribution in [2.45, 2.75) is 79.8 Å². The van der Waals surface area contributed by atoms with Crippen molar-refractivity contribution in [1.82, 2.24) is 25.2 Å². The number of hydrogen-bond acceptors (Lipinski definition) is 7. The van der Waals surface area contributed by atoms with E-state index in [2.05, 4.69) is 32.0 Å². The quantitative estimate of drug-likeness (QED) is 0.125. The highest BCUT2D eigenvalue weighted by atomic mass is 19.1. The van der Waals surface area contributed by atoms with E-state index in [9.17, 15) is 28.0 Å². The van der Waals surface area contributed by atoms with Gasteiger partial charge in [-0.15, -0.1) is 6.58 Å². The molecule has 0 saturated carbocycles. The highest BCUT2D eigenvalue weighted by Gasteiger charge is 2.22. The van der Waals surface area contributed by atoms with Crippen LogP contribution >= 0.6 is 0 Å². The molecule has 0 aliphatic heterocycles. The summed E-state index contributed by atoms with van der Waals surface area (Å²) in [4.78, 5) is 52.3. The molecule has 3 rings (SSSR count). The average Bonchev–Trinajstić information content (AvgIpc) is 3.49. The van der Waals surface area contributed by atoms with E-state index in [4.69, 9.17) is 5.73 Å². The Morgan fingerprint density at radius 2 is 1.78 bits per heavy atom. The summed E-state index contributed by atoms with van der Waals surface area (Å²) in [5, 5.41) is 9.39. The number of rotatable bonds is 15. The zero-order valence-corrected chi connectivity index (χ0v) is 29.5. The summed E-state index contributed by atoms with van der Waals surface area (Å²) in [6.07, 6.45) is 11.2. The Morgan fingerprint density at radius 3 is 2.35 bits per heavy atom. The molecule has 0 saturated heterocycles. The number of methoxy groups -OCH3 is 1. The molecule has 2 heterocycles. The minimum atomic E-state index is -0.955. The van der Waals surface area contributed by atoms with E-state index in [1.165, 1.54) is 18.2 Å². The van der Waals surface area contributed by atoms with Gasteiger partial charge in [-0.3, -0.25) is 14.4 Å². The molecular weight excluding hydrogens is 634 g/mol. The monoisotopic (exact) mass is 684 g/mol. The molecule has 1 atom stereocenters. The van der Waals surface area contributed by atoms with E-state index in [-0.39, 0.29) is 35.2 Å². The number of ether oxygens (including phenoxy) is 1. The van der Waals surface area contributed by atoms with E-state index in [1.807, 2.05) is 53.7 Å². The molecule has 3 amide bonds. The van der Waals surface area contributed by atoms with Crippen molar-refractivity contribution in [2.24, 2.45) is 5.73 Å². The first-order valence-electron chi connectivity index (χ1n) is 16.1. The van der Waals surface area contributed by atoms with Crippen LogP contribution in [-0.2, 0) is 16.1 Å². The normalized spacial score (nSPS) is 11.2. The van der Waals surface area contributed by atoms with Crippen molar-refractivity contribution in [3.05, 3.63) is 101 Å². The number of carbonyl (C=O) groups excluding carboxylic acids is 4. The number of hydrogen-bond donors (Lipinski definition) is 3. The number of amides is 3. The van der Waals surface area contributed by atoms with E-state index >= 15 is 0 Å². The van der Waals surface area contributed by atoms with Crippen LogP contribution in [0.2, 0.25) is 0 Å². The second kappa shape index (κ2) is 25.0. The van der Waals surface area contributed by atoms with E-state index in [1.54, 1.807) is 19.3 Å². The number of carbonyl (C=O) groups is 4. The van der Waals surface area contributed by atoms with Crippen LogP contribution in [0.5, 0.6) is 0 Å². The first-order valence-corrected chi connectivity index (χ1v) is 16.1. The molecule has 13 heteroatoms. The molecule has 1 aromatic carbocycles. The Balaban J connectivity index is 0.00000230. The lowest BCUT2D eigenvalue weighted by molar-refractivity contribution is -0.107. The fourth-order valence-corrected chi connectivity index (χ4v) is 4.12. The molecule has 0 aliphatic carbocycles. The fourth-order valence-electron chi connectivity index (χ4n) is 4.12. The molecule has 3 aromatic rings. The van der Waals surface area contributed by atoms with Crippen LogP contribution < -0.4 is 16.4 Å². The van der Waals surface area contributed by atoms with Gasteiger partial charge in [-0.25, -0.2) is 18.3 Å². The number of fused-ring (bicyclic) bond motifs is 1. The van der Waals surface area contributed by atoms with Gasteiger partial charge in [-0.05, 0) is 43.9 Å². The Morgan fingerprint density at radius 1 is 1.08 bits per heavy atom. The smallest absolute Gasteiger partial charge is 0.270 e. The third-order valence-electron chi connectivity index (χ3n) is 6.33. The van der Waals surface area contributed by atoms with Crippen LogP contribution in [0.25, 0.3) is 5.65 Å². The number of aromatic nitrogens is 3. The van der Waals surface area contributed by atoms with Gasteiger partial charge in [0.2, 0.25) is 0 Å². The van der Waals surface area contributed by atoms with E-state index < -0.39 is 29.4 Å². The predicted molar refractivity (Wildman–Crippen MR) is 188 cm³/mol. The van der Waals surface area contributed by atoms with Crippen LogP contribution in [0, 0.1) is 11.6 Å². The lowest BCUT2D eigenvalue weighted by Crippen LogP contribution is -2.37. The third-order valence-corrected chi connectivity index (χ3v) is 6.33. The molecule has 11 nitrogen and oxygen atoms in total. The Kier molecular flexibility index (Phi) is 22.5. The summed E-state index contributed by atoms with van der Waals surface area (Å²) in [6, 6.07) is 4.47. The topological polar surface area (TPSA) is 158 Å². The Labute approximate surface area is 287 Å². The summed E-state index contributed by atoms with van der Waals surface area (Å²) in [7, 11) is 1.64. The number of primary amides is 1. The van der Waals surface area contributed by atoms with Crippen LogP contribution in [0.3, 0.4) is 0 Å². The molecule has 0 radical (unpaired) electrons. The van der Waals surface area contributed by atoms with Crippen LogP contribution in [-0.4, -0.2) is 58.4 Å². The summed E-state index contributed by atoms with van der Waals surface area (Å²) in [5.41, 5.74) is 5.48. The molecule has 0 aliphatic rings. The predicted octanol–water partition coefficient (Wildman–Crippen LogP) is 6.29. The SMILES string of the molecule is C=CCOC.CC.CC.CC/C=C(\C)C(CC/C=C/CC=O)NC(=O)c1cc(C(=O)NCc2ccc(F)c(C(N)=O)c2)nc2c(F)cnn12. The van der Waals surface area contributed by atoms with Crippen molar-refractivity contribution in [3.63, 3.8) is 0 Å². The van der Waals surface area contributed by atoms with Gasteiger partial charge in [-0.1, -0.05) is 70.6 Å².